The summed E-state index contributed by atoms with van der Waals surface area (Å²) in [6.45, 7) is 0. The molecule has 110 valence electrons. The van der Waals surface area contributed by atoms with E-state index in [1.54, 1.807) is 40.8 Å². The number of hydrogen-bond donors (Lipinski definition) is 0. The van der Waals surface area contributed by atoms with Crippen LogP contribution in [0.2, 0.25) is 0 Å². The van der Waals surface area contributed by atoms with Crippen LogP contribution in [0.3, 0.4) is 0 Å². The highest BCUT2D eigenvalue weighted by atomic mass is 127. The molecule has 21 heavy (non-hydrogen) atoms. The van der Waals surface area contributed by atoms with Crippen LogP contribution < -0.4 is 9.47 Å². The summed E-state index contributed by atoms with van der Waals surface area (Å²) >= 11 is 4.96. The van der Waals surface area contributed by atoms with Gasteiger partial charge in [0, 0.05) is 12.1 Å². The normalized spacial score (nSPS) is 10.3. The molecule has 0 spiro atoms. The molecule has 0 aliphatic rings. The molecule has 0 amide bonds. The van der Waals surface area contributed by atoms with Gasteiger partial charge >= 0.3 is 5.69 Å². The molecule has 0 heterocycles. The third-order valence-corrected chi connectivity index (χ3v) is 4.00. The Bertz CT molecular complexity index is 711. The van der Waals surface area contributed by atoms with Crippen molar-refractivity contribution >= 4 is 44.2 Å². The van der Waals surface area contributed by atoms with Crippen LogP contribution >= 0.6 is 38.5 Å². The van der Waals surface area contributed by atoms with Crippen molar-refractivity contribution < 1.29 is 18.8 Å². The Hall–Kier alpha value is -1.42. The van der Waals surface area contributed by atoms with Crippen molar-refractivity contribution in [3.05, 3.63) is 54.3 Å². The average Bonchev–Trinajstić information content (AvgIpc) is 2.44. The van der Waals surface area contributed by atoms with Crippen LogP contribution in [0, 0.1) is 19.5 Å². The molecule has 0 unspecified atom stereocenters. The Morgan fingerprint density at radius 1 is 1.29 bits per heavy atom. The van der Waals surface area contributed by atoms with Gasteiger partial charge in [0.1, 0.15) is 17.3 Å². The Labute approximate surface area is 141 Å². The number of benzene rings is 2. The highest BCUT2D eigenvalue weighted by Gasteiger charge is 2.20. The van der Waals surface area contributed by atoms with E-state index in [0.29, 0.717) is 16.0 Å². The molecule has 0 saturated heterocycles. The largest absolute Gasteiger partial charge is 0.497 e. The first-order valence-electron chi connectivity index (χ1n) is 5.57. The van der Waals surface area contributed by atoms with Crippen LogP contribution in [0.1, 0.15) is 0 Å². The summed E-state index contributed by atoms with van der Waals surface area (Å²) in [5.41, 5.74) is -0.302. The topological polar surface area (TPSA) is 61.6 Å². The third kappa shape index (κ3) is 3.62. The Kier molecular flexibility index (Phi) is 4.99. The summed E-state index contributed by atoms with van der Waals surface area (Å²) in [6, 6.07) is 6.97. The molecule has 0 saturated carbocycles. The monoisotopic (exact) mass is 467 g/mol. The van der Waals surface area contributed by atoms with E-state index in [1.807, 2.05) is 0 Å². The molecule has 0 aliphatic carbocycles. The Balaban J connectivity index is 2.43. The van der Waals surface area contributed by atoms with Crippen molar-refractivity contribution in [1.82, 2.24) is 0 Å². The van der Waals surface area contributed by atoms with Gasteiger partial charge in [-0.15, -0.1) is 0 Å². The van der Waals surface area contributed by atoms with Crippen LogP contribution in [-0.4, -0.2) is 12.0 Å². The van der Waals surface area contributed by atoms with Crippen molar-refractivity contribution in [2.75, 3.05) is 7.11 Å². The van der Waals surface area contributed by atoms with Gasteiger partial charge in [-0.3, -0.25) is 10.1 Å². The minimum Gasteiger partial charge on any atom is -0.497 e. The zero-order valence-corrected chi connectivity index (χ0v) is 14.3. The van der Waals surface area contributed by atoms with Gasteiger partial charge in [-0.1, -0.05) is 0 Å². The third-order valence-electron chi connectivity index (χ3n) is 2.56. The summed E-state index contributed by atoms with van der Waals surface area (Å²) in [5, 5.41) is 11.0. The van der Waals surface area contributed by atoms with Crippen LogP contribution in [0.15, 0.2) is 34.8 Å². The van der Waals surface area contributed by atoms with Crippen molar-refractivity contribution in [2.45, 2.75) is 0 Å². The van der Waals surface area contributed by atoms with E-state index in [-0.39, 0.29) is 15.0 Å². The van der Waals surface area contributed by atoms with Gasteiger partial charge < -0.3 is 9.47 Å². The van der Waals surface area contributed by atoms with E-state index in [4.69, 9.17) is 9.47 Å². The van der Waals surface area contributed by atoms with Gasteiger partial charge in [0.05, 0.1) is 20.1 Å². The van der Waals surface area contributed by atoms with Gasteiger partial charge in [0.15, 0.2) is 0 Å². The molecule has 8 heteroatoms. The lowest BCUT2D eigenvalue weighted by molar-refractivity contribution is -0.385. The molecule has 2 rings (SSSR count). The number of methoxy groups -OCH3 is 1. The Morgan fingerprint density at radius 3 is 2.57 bits per heavy atom. The first-order valence-corrected chi connectivity index (χ1v) is 7.44. The van der Waals surface area contributed by atoms with Crippen molar-refractivity contribution in [1.29, 1.82) is 0 Å². The van der Waals surface area contributed by atoms with E-state index >= 15 is 0 Å². The van der Waals surface area contributed by atoms with Gasteiger partial charge in [0.25, 0.3) is 0 Å². The smallest absolute Gasteiger partial charge is 0.312 e. The molecule has 0 aliphatic heterocycles. The second-order valence-corrected chi connectivity index (χ2v) is 5.91. The fourth-order valence-electron chi connectivity index (χ4n) is 1.55. The molecule has 0 bridgehead atoms. The number of hydrogen-bond acceptors (Lipinski definition) is 4. The fraction of sp³-hybridized carbons (Fsp3) is 0.0769. The van der Waals surface area contributed by atoms with Gasteiger partial charge in [-0.05, 0) is 56.7 Å². The first kappa shape index (κ1) is 16.0. The number of nitrogens with zero attached hydrogens (tertiary/aromatic N) is 1. The predicted molar refractivity (Wildman–Crippen MR) is 86.5 cm³/mol. The summed E-state index contributed by atoms with van der Waals surface area (Å²) in [5.74, 6) is 0.168. The standard InChI is InChI=1S/C13H8BrFINO4/c1-20-7-2-3-12(8(14)4-7)21-13-5-9(15)10(16)6-11(13)17(18)19/h2-6H,1H3. The zero-order valence-electron chi connectivity index (χ0n) is 10.6. The lowest BCUT2D eigenvalue weighted by atomic mass is 10.3. The van der Waals surface area contributed by atoms with Gasteiger partial charge in [0.2, 0.25) is 5.75 Å². The molecule has 5 nitrogen and oxygen atoms in total. The molecule has 2 aromatic rings. The number of halogens is 3. The quantitative estimate of drug-likeness (QED) is 0.364. The average molecular weight is 468 g/mol. The van der Waals surface area contributed by atoms with E-state index in [2.05, 4.69) is 15.9 Å². The van der Waals surface area contributed by atoms with Gasteiger partial charge in [-0.25, -0.2) is 4.39 Å². The number of nitro groups is 1. The molecule has 0 N–H and O–H groups in total. The Morgan fingerprint density at radius 2 is 2.00 bits per heavy atom. The summed E-state index contributed by atoms with van der Waals surface area (Å²) in [7, 11) is 1.52. The van der Waals surface area contributed by atoms with E-state index in [9.17, 15) is 14.5 Å². The van der Waals surface area contributed by atoms with E-state index in [0.717, 1.165) is 12.1 Å². The highest BCUT2D eigenvalue weighted by Crippen LogP contribution is 2.38. The van der Waals surface area contributed by atoms with E-state index < -0.39 is 10.7 Å². The SMILES string of the molecule is COc1ccc(Oc2cc(F)c(I)cc2[N+](=O)[O-])c(Br)c1. The van der Waals surface area contributed by atoms with E-state index in [1.165, 1.54) is 7.11 Å². The molecular formula is C13H8BrFINO4. The summed E-state index contributed by atoms with van der Waals surface area (Å²) < 4.78 is 24.8. The summed E-state index contributed by atoms with van der Waals surface area (Å²) in [4.78, 5) is 10.4. The van der Waals surface area contributed by atoms with Crippen LogP contribution in [-0.2, 0) is 0 Å². The summed E-state index contributed by atoms with van der Waals surface area (Å²) in [6.07, 6.45) is 0. The van der Waals surface area contributed by atoms with Crippen LogP contribution in [0.4, 0.5) is 10.1 Å². The van der Waals surface area contributed by atoms with Crippen LogP contribution in [0.5, 0.6) is 17.2 Å². The first-order chi connectivity index (χ1) is 9.92. The number of rotatable bonds is 4. The molecule has 0 radical (unpaired) electrons. The minimum absolute atomic E-state index is 0.153. The van der Waals surface area contributed by atoms with Crippen LogP contribution in [0.25, 0.3) is 0 Å². The fourth-order valence-corrected chi connectivity index (χ4v) is 2.44. The molecular weight excluding hydrogens is 460 g/mol. The van der Waals surface area contributed by atoms with Crippen molar-refractivity contribution in [2.24, 2.45) is 0 Å². The lowest BCUT2D eigenvalue weighted by Crippen LogP contribution is -1.97. The molecule has 0 fully saturated rings. The zero-order chi connectivity index (χ0) is 15.6. The molecule has 0 aromatic heterocycles. The van der Waals surface area contributed by atoms with Crippen molar-refractivity contribution in [3.8, 4) is 17.2 Å². The maximum absolute atomic E-state index is 13.6. The minimum atomic E-state index is -0.617. The van der Waals surface area contributed by atoms with Gasteiger partial charge in [-0.2, -0.15) is 0 Å². The second kappa shape index (κ2) is 6.56. The predicted octanol–water partition coefficient (Wildman–Crippen LogP) is 4.90. The van der Waals surface area contributed by atoms with Crippen molar-refractivity contribution in [3.63, 3.8) is 0 Å². The number of nitro benzene ring substituents is 1. The maximum atomic E-state index is 13.6. The highest BCUT2D eigenvalue weighted by molar-refractivity contribution is 14.1. The molecule has 2 aromatic carbocycles. The number of ether oxygens (including phenoxy) is 2. The maximum Gasteiger partial charge on any atom is 0.312 e. The second-order valence-electron chi connectivity index (χ2n) is 3.89. The lowest BCUT2D eigenvalue weighted by Gasteiger charge is -2.10. The molecule has 0 atom stereocenters.